The van der Waals surface area contributed by atoms with Crippen molar-refractivity contribution in [3.05, 3.63) is 57.4 Å². The van der Waals surface area contributed by atoms with E-state index in [4.69, 9.17) is 5.14 Å². The predicted molar refractivity (Wildman–Crippen MR) is 112 cm³/mol. The number of aryl methyl sites for hydroxylation is 1. The van der Waals surface area contributed by atoms with Crippen LogP contribution in [0.15, 0.2) is 51.8 Å². The van der Waals surface area contributed by atoms with E-state index in [0.717, 1.165) is 21.5 Å². The molecule has 0 aliphatic rings. The number of nitrogens with two attached hydrogens (primary N) is 1. The Hall–Kier alpha value is -1.85. The molecule has 0 saturated heterocycles. The van der Waals surface area contributed by atoms with Crippen molar-refractivity contribution >= 4 is 53.1 Å². The Morgan fingerprint density at radius 2 is 1.92 bits per heavy atom. The van der Waals surface area contributed by atoms with Gasteiger partial charge in [0, 0.05) is 10.2 Å². The van der Waals surface area contributed by atoms with Crippen LogP contribution in [0, 0.1) is 11.8 Å². The smallest absolute Gasteiger partial charge is 0.238 e. The number of fused-ring (bicyclic) bond motifs is 1. The van der Waals surface area contributed by atoms with Gasteiger partial charge >= 0.3 is 0 Å². The normalized spacial score (nSPS) is 11.2. The first-order chi connectivity index (χ1) is 12.4. The molecule has 26 heavy (non-hydrogen) atoms. The lowest BCUT2D eigenvalue weighted by Crippen LogP contribution is -2.12. The van der Waals surface area contributed by atoms with E-state index in [1.165, 1.54) is 27.8 Å². The van der Waals surface area contributed by atoms with Gasteiger partial charge in [-0.3, -0.25) is 0 Å². The molecule has 0 bridgehead atoms. The number of anilines is 1. The summed E-state index contributed by atoms with van der Waals surface area (Å²) in [6, 6.07) is 12.5. The highest BCUT2D eigenvalue weighted by molar-refractivity contribution is 9.10. The van der Waals surface area contributed by atoms with Gasteiger partial charge in [-0.05, 0) is 63.6 Å². The number of primary sulfonamides is 1. The van der Waals surface area contributed by atoms with Crippen LogP contribution in [0.2, 0.25) is 0 Å². The molecule has 0 fully saturated rings. The van der Waals surface area contributed by atoms with Crippen molar-refractivity contribution in [1.82, 2.24) is 0 Å². The lowest BCUT2D eigenvalue weighted by molar-refractivity contribution is 0.598. The molecule has 134 valence electrons. The molecular weight excluding hydrogens is 432 g/mol. The highest BCUT2D eigenvalue weighted by Gasteiger charge is 2.10. The molecule has 0 atom stereocenters. The molecule has 0 spiro atoms. The first kappa shape index (κ1) is 18.9. The third kappa shape index (κ3) is 4.10. The van der Waals surface area contributed by atoms with Crippen molar-refractivity contribution in [2.75, 3.05) is 11.9 Å². The number of benzene rings is 2. The van der Waals surface area contributed by atoms with Crippen molar-refractivity contribution in [3.63, 3.8) is 0 Å². The maximum absolute atomic E-state index is 11.3. The number of sulfonamides is 1. The lowest BCUT2D eigenvalue weighted by atomic mass is 10.1. The van der Waals surface area contributed by atoms with Gasteiger partial charge in [0.25, 0.3) is 0 Å². The van der Waals surface area contributed by atoms with Gasteiger partial charge in [-0.15, -0.1) is 11.3 Å². The average molecular weight is 449 g/mol. The van der Waals surface area contributed by atoms with Crippen LogP contribution in [-0.4, -0.2) is 15.0 Å². The number of thiophene rings is 1. The van der Waals surface area contributed by atoms with Crippen molar-refractivity contribution in [3.8, 4) is 11.8 Å². The second-order valence-corrected chi connectivity index (χ2v) is 9.04. The Kier molecular flexibility index (Phi) is 5.68. The van der Waals surface area contributed by atoms with E-state index in [9.17, 15) is 8.42 Å². The van der Waals surface area contributed by atoms with Crippen LogP contribution in [0.1, 0.15) is 17.4 Å². The maximum Gasteiger partial charge on any atom is 0.238 e. The van der Waals surface area contributed by atoms with Crippen molar-refractivity contribution in [2.45, 2.75) is 18.2 Å². The quantitative estimate of drug-likeness (QED) is 0.583. The standard InChI is InChI=1S/C19H17BrN2O2S2/c1-2-15-16-5-3-6-17(20)19(16)25-18(15)7-4-12-22-13-8-10-14(11-9-13)26(21,23)24/h3,5-6,8-11,22H,2,12H2,1H3,(H2,21,23,24). The summed E-state index contributed by atoms with van der Waals surface area (Å²) in [6.45, 7) is 2.60. The highest BCUT2D eigenvalue weighted by atomic mass is 79.9. The third-order valence-corrected chi connectivity index (χ3v) is 6.94. The molecule has 1 aromatic heterocycles. The largest absolute Gasteiger partial charge is 0.374 e. The zero-order valence-electron chi connectivity index (χ0n) is 14.0. The molecular formula is C19H17BrN2O2S2. The minimum absolute atomic E-state index is 0.0950. The fourth-order valence-corrected chi connectivity index (χ4v) is 4.92. The lowest BCUT2D eigenvalue weighted by Gasteiger charge is -2.03. The summed E-state index contributed by atoms with van der Waals surface area (Å²) >= 11 is 5.30. The van der Waals surface area contributed by atoms with Gasteiger partial charge in [0.2, 0.25) is 10.0 Å². The number of hydrogen-bond acceptors (Lipinski definition) is 4. The molecule has 3 N–H and O–H groups in total. The molecule has 3 aromatic rings. The third-order valence-electron chi connectivity index (χ3n) is 3.89. The molecule has 0 amide bonds. The van der Waals surface area contributed by atoms with Crippen LogP contribution in [0.25, 0.3) is 10.1 Å². The van der Waals surface area contributed by atoms with Gasteiger partial charge in [-0.25, -0.2) is 13.6 Å². The number of rotatable bonds is 4. The van der Waals surface area contributed by atoms with Crippen LogP contribution >= 0.6 is 27.3 Å². The van der Waals surface area contributed by atoms with Gasteiger partial charge in [0.05, 0.1) is 21.0 Å². The first-order valence-corrected chi connectivity index (χ1v) is 11.1. The van der Waals surface area contributed by atoms with Crippen LogP contribution in [0.5, 0.6) is 0 Å². The minimum atomic E-state index is -3.66. The summed E-state index contributed by atoms with van der Waals surface area (Å²) in [6.07, 6.45) is 0.933. The molecule has 1 heterocycles. The van der Waals surface area contributed by atoms with Crippen LogP contribution in [-0.2, 0) is 16.4 Å². The van der Waals surface area contributed by atoms with Crippen molar-refractivity contribution in [1.29, 1.82) is 0 Å². The van der Waals surface area contributed by atoms with E-state index in [1.54, 1.807) is 23.5 Å². The molecule has 0 aliphatic heterocycles. The molecule has 4 nitrogen and oxygen atoms in total. The van der Waals surface area contributed by atoms with Gasteiger partial charge in [-0.2, -0.15) is 0 Å². The fourth-order valence-electron chi connectivity index (χ4n) is 2.62. The summed E-state index contributed by atoms with van der Waals surface area (Å²) in [5.74, 6) is 6.40. The van der Waals surface area contributed by atoms with Gasteiger partial charge in [-0.1, -0.05) is 30.9 Å². The SMILES string of the molecule is CCc1c(C#CCNc2ccc(S(N)(=O)=O)cc2)sc2c(Br)cccc12. The van der Waals surface area contributed by atoms with Crippen LogP contribution in [0.3, 0.4) is 0 Å². The molecule has 0 saturated carbocycles. The van der Waals surface area contributed by atoms with Crippen molar-refractivity contribution < 1.29 is 8.42 Å². The molecule has 0 aliphatic carbocycles. The zero-order valence-corrected chi connectivity index (χ0v) is 17.3. The summed E-state index contributed by atoms with van der Waals surface area (Å²) in [4.78, 5) is 1.18. The summed E-state index contributed by atoms with van der Waals surface area (Å²) in [5.41, 5.74) is 2.07. The van der Waals surface area contributed by atoms with E-state index in [0.29, 0.717) is 6.54 Å². The van der Waals surface area contributed by atoms with E-state index in [2.05, 4.69) is 46.1 Å². The molecule has 2 aromatic carbocycles. The molecule has 7 heteroatoms. The number of nitrogens with one attached hydrogen (secondary N) is 1. The van der Waals surface area contributed by atoms with Crippen LogP contribution < -0.4 is 10.5 Å². The van der Waals surface area contributed by atoms with E-state index >= 15 is 0 Å². The van der Waals surface area contributed by atoms with Crippen LogP contribution in [0.4, 0.5) is 5.69 Å². The summed E-state index contributed by atoms with van der Waals surface area (Å²) < 4.78 is 24.8. The predicted octanol–water partition coefficient (Wildman–Crippen LogP) is 4.34. The summed E-state index contributed by atoms with van der Waals surface area (Å²) in [7, 11) is -3.66. The maximum atomic E-state index is 11.3. The first-order valence-electron chi connectivity index (χ1n) is 7.95. The van der Waals surface area contributed by atoms with E-state index < -0.39 is 10.0 Å². The monoisotopic (exact) mass is 448 g/mol. The molecule has 0 unspecified atom stereocenters. The Morgan fingerprint density at radius 1 is 1.19 bits per heavy atom. The second-order valence-electron chi connectivity index (χ2n) is 5.60. The zero-order chi connectivity index (χ0) is 18.7. The Morgan fingerprint density at radius 3 is 2.58 bits per heavy atom. The fraction of sp³-hybridized carbons (Fsp3) is 0.158. The van der Waals surface area contributed by atoms with Gasteiger partial charge in [0.15, 0.2) is 0 Å². The van der Waals surface area contributed by atoms with E-state index in [1.807, 2.05) is 12.1 Å². The molecule has 0 radical (unpaired) electrons. The van der Waals surface area contributed by atoms with Gasteiger partial charge < -0.3 is 5.32 Å². The van der Waals surface area contributed by atoms with Gasteiger partial charge in [0.1, 0.15) is 0 Å². The second kappa shape index (κ2) is 7.80. The number of hydrogen-bond donors (Lipinski definition) is 2. The topological polar surface area (TPSA) is 72.2 Å². The minimum Gasteiger partial charge on any atom is -0.374 e. The Labute approximate surface area is 165 Å². The van der Waals surface area contributed by atoms with Crippen molar-refractivity contribution in [2.24, 2.45) is 5.14 Å². The highest BCUT2D eigenvalue weighted by Crippen LogP contribution is 2.36. The summed E-state index contributed by atoms with van der Waals surface area (Å²) in [5, 5.41) is 9.50. The Balaban J connectivity index is 1.75. The number of halogens is 1. The molecule has 3 rings (SSSR count). The van der Waals surface area contributed by atoms with E-state index in [-0.39, 0.29) is 4.90 Å². The average Bonchev–Trinajstić information content (AvgIpc) is 2.97. The Bertz CT molecular complexity index is 1110.